The Hall–Kier alpha value is -4.04. The lowest BCUT2D eigenvalue weighted by Gasteiger charge is -2.09. The molecule has 5 rings (SSSR count). The number of fused-ring (bicyclic) bond motifs is 2. The Balaban J connectivity index is 1.36. The first-order valence-corrected chi connectivity index (χ1v) is 12.0. The first kappa shape index (κ1) is 23.7. The summed E-state index contributed by atoms with van der Waals surface area (Å²) >= 11 is 0. The Morgan fingerprint density at radius 2 is 1.86 bits per heavy atom. The lowest BCUT2D eigenvalue weighted by atomic mass is 10.0. The van der Waals surface area contributed by atoms with Gasteiger partial charge in [-0.2, -0.15) is 0 Å². The number of hydrogen-bond acceptors (Lipinski definition) is 6. The largest absolute Gasteiger partial charge is 0.309 e. The number of unbranched alkanes of at least 4 members (excludes halogenated alkanes) is 1. The molecule has 2 aromatic carbocycles. The van der Waals surface area contributed by atoms with Crippen molar-refractivity contribution in [2.75, 3.05) is 20.6 Å². The van der Waals surface area contributed by atoms with Crippen LogP contribution in [0.25, 0.3) is 33.3 Å². The van der Waals surface area contributed by atoms with Gasteiger partial charge in [0.05, 0.1) is 23.3 Å². The van der Waals surface area contributed by atoms with Crippen LogP contribution in [0.3, 0.4) is 0 Å². The number of pyridine rings is 2. The first-order chi connectivity index (χ1) is 17.5. The number of nitrogens with zero attached hydrogens (tertiary/aromatic N) is 6. The highest BCUT2D eigenvalue weighted by Gasteiger charge is 2.15. The van der Waals surface area contributed by atoms with Crippen molar-refractivity contribution in [2.24, 2.45) is 0 Å². The minimum Gasteiger partial charge on any atom is -0.309 e. The van der Waals surface area contributed by atoms with Crippen LogP contribution in [0.1, 0.15) is 35.2 Å². The molecule has 0 radical (unpaired) electrons. The predicted molar refractivity (Wildman–Crippen MR) is 138 cm³/mol. The van der Waals surface area contributed by atoms with Crippen LogP contribution >= 0.6 is 0 Å². The molecule has 0 aliphatic rings. The Labute approximate surface area is 208 Å². The molecule has 0 bridgehead atoms. The van der Waals surface area contributed by atoms with E-state index in [0.717, 1.165) is 35.9 Å². The van der Waals surface area contributed by atoms with Crippen LogP contribution in [0.2, 0.25) is 0 Å². The van der Waals surface area contributed by atoms with Gasteiger partial charge in [-0.25, -0.2) is 14.1 Å². The number of hydrogen-bond donors (Lipinski definition) is 0. The zero-order chi connectivity index (χ0) is 25.1. The van der Waals surface area contributed by atoms with Crippen LogP contribution in [0.5, 0.6) is 0 Å². The Kier molecular flexibility index (Phi) is 6.77. The summed E-state index contributed by atoms with van der Waals surface area (Å²) < 4.78 is 16.6. The van der Waals surface area contributed by atoms with Gasteiger partial charge in [-0.05, 0) is 81.5 Å². The molecule has 182 valence electrons. The van der Waals surface area contributed by atoms with E-state index in [9.17, 15) is 9.18 Å². The lowest BCUT2D eigenvalue weighted by Crippen LogP contribution is -2.13. The molecule has 0 aliphatic carbocycles. The molecule has 0 N–H and O–H groups in total. The summed E-state index contributed by atoms with van der Waals surface area (Å²) in [5, 5.41) is 9.55. The topological polar surface area (TPSA) is 76.8 Å². The number of Topliss-reactive ketones (excluding diaryl/α,β-unsaturated/α-hetero) is 1. The van der Waals surface area contributed by atoms with Gasteiger partial charge in [0.15, 0.2) is 11.4 Å². The van der Waals surface area contributed by atoms with E-state index in [4.69, 9.17) is 4.98 Å². The molecule has 3 heterocycles. The van der Waals surface area contributed by atoms with Gasteiger partial charge in [0.2, 0.25) is 0 Å². The maximum absolute atomic E-state index is 14.9. The molecule has 0 aliphatic heterocycles. The monoisotopic (exact) mass is 482 g/mol. The Bertz CT molecular complexity index is 1540. The quantitative estimate of drug-likeness (QED) is 0.214. The normalized spacial score (nSPS) is 11.6. The van der Waals surface area contributed by atoms with E-state index in [1.165, 1.54) is 6.07 Å². The van der Waals surface area contributed by atoms with Crippen molar-refractivity contribution in [3.8, 4) is 11.3 Å². The summed E-state index contributed by atoms with van der Waals surface area (Å²) in [6.45, 7) is 1.40. The van der Waals surface area contributed by atoms with E-state index in [1.54, 1.807) is 29.1 Å². The third-order valence-corrected chi connectivity index (χ3v) is 6.18. The van der Waals surface area contributed by atoms with E-state index < -0.39 is 5.82 Å². The minimum absolute atomic E-state index is 0.127. The van der Waals surface area contributed by atoms with Gasteiger partial charge in [0, 0.05) is 23.6 Å². The summed E-state index contributed by atoms with van der Waals surface area (Å²) in [7, 11) is 3.99. The second-order valence-corrected chi connectivity index (χ2v) is 9.19. The van der Waals surface area contributed by atoms with Gasteiger partial charge in [0.1, 0.15) is 11.3 Å². The van der Waals surface area contributed by atoms with E-state index in [-0.39, 0.29) is 11.3 Å². The summed E-state index contributed by atoms with van der Waals surface area (Å²) in [5.41, 5.74) is 4.57. The number of aromatic nitrogens is 5. The van der Waals surface area contributed by atoms with Gasteiger partial charge in [-0.1, -0.05) is 23.4 Å². The van der Waals surface area contributed by atoms with Crippen molar-refractivity contribution in [3.05, 3.63) is 83.8 Å². The highest BCUT2D eigenvalue weighted by atomic mass is 19.1. The predicted octanol–water partition coefficient (Wildman–Crippen LogP) is 5.14. The Morgan fingerprint density at radius 1 is 1.00 bits per heavy atom. The third-order valence-electron chi connectivity index (χ3n) is 6.18. The molecular weight excluding hydrogens is 455 g/mol. The van der Waals surface area contributed by atoms with Crippen LogP contribution in [0.4, 0.5) is 4.39 Å². The molecule has 0 saturated heterocycles. The molecule has 0 unspecified atom stereocenters. The number of carbonyl (C=O) groups is 1. The first-order valence-electron chi connectivity index (χ1n) is 12.0. The van der Waals surface area contributed by atoms with Crippen LogP contribution < -0.4 is 0 Å². The van der Waals surface area contributed by atoms with Crippen LogP contribution in [-0.4, -0.2) is 56.3 Å². The van der Waals surface area contributed by atoms with Crippen molar-refractivity contribution in [1.82, 2.24) is 29.9 Å². The zero-order valence-electron chi connectivity index (χ0n) is 20.4. The van der Waals surface area contributed by atoms with Gasteiger partial charge in [0.25, 0.3) is 0 Å². The lowest BCUT2D eigenvalue weighted by molar-refractivity contribution is 0.0974. The second kappa shape index (κ2) is 10.3. The van der Waals surface area contributed by atoms with Crippen molar-refractivity contribution in [1.29, 1.82) is 0 Å². The summed E-state index contributed by atoms with van der Waals surface area (Å²) in [4.78, 5) is 23.7. The number of rotatable bonds is 9. The van der Waals surface area contributed by atoms with Crippen molar-refractivity contribution in [2.45, 2.75) is 25.8 Å². The van der Waals surface area contributed by atoms with E-state index in [0.29, 0.717) is 35.4 Å². The number of ketones is 1. The van der Waals surface area contributed by atoms with Crippen molar-refractivity contribution < 1.29 is 9.18 Å². The number of benzene rings is 2. The molecule has 7 nitrogen and oxygen atoms in total. The fraction of sp³-hybridized carbons (Fsp3) is 0.250. The maximum Gasteiger partial charge on any atom is 0.179 e. The highest BCUT2D eigenvalue weighted by Crippen LogP contribution is 2.24. The van der Waals surface area contributed by atoms with Crippen LogP contribution in [0.15, 0.2) is 66.9 Å². The minimum atomic E-state index is -0.525. The molecule has 3 aromatic heterocycles. The summed E-state index contributed by atoms with van der Waals surface area (Å²) in [6.07, 6.45) is 3.75. The van der Waals surface area contributed by atoms with Crippen molar-refractivity contribution >= 4 is 27.9 Å². The summed E-state index contributed by atoms with van der Waals surface area (Å²) in [5.74, 6) is -0.697. The molecule has 0 spiro atoms. The number of carbonyl (C=O) groups excluding carboxylic acids is 1. The molecule has 0 fully saturated rings. The van der Waals surface area contributed by atoms with E-state index >= 15 is 0 Å². The highest BCUT2D eigenvalue weighted by molar-refractivity contribution is 5.96. The van der Waals surface area contributed by atoms with Crippen LogP contribution in [-0.2, 0) is 6.54 Å². The molecule has 5 aromatic rings. The number of halogens is 1. The standard InChI is InChI=1S/C28H27FN6O/c1-34(2)15-4-3-7-27(36)22-10-9-21(17-23(22)29)25-12-13-26-28(31-25)35(33-32-26)18-19-8-11-24-20(16-19)6-5-14-30-24/h5-6,8-14,16-17H,3-4,7,15,18H2,1-2H3. The molecule has 0 atom stereocenters. The van der Waals surface area contributed by atoms with E-state index in [2.05, 4.69) is 26.3 Å². The SMILES string of the molecule is CN(C)CCCCC(=O)c1ccc(-c2ccc3nnn(Cc4ccc5ncccc5c4)c3n2)cc1F. The molecule has 36 heavy (non-hydrogen) atoms. The zero-order valence-corrected chi connectivity index (χ0v) is 20.4. The second-order valence-electron chi connectivity index (χ2n) is 9.19. The van der Waals surface area contributed by atoms with Gasteiger partial charge < -0.3 is 4.90 Å². The fourth-order valence-electron chi connectivity index (χ4n) is 4.27. The summed E-state index contributed by atoms with van der Waals surface area (Å²) in [6, 6.07) is 18.3. The van der Waals surface area contributed by atoms with Gasteiger partial charge >= 0.3 is 0 Å². The average molecular weight is 483 g/mol. The smallest absolute Gasteiger partial charge is 0.179 e. The third kappa shape index (κ3) is 5.13. The van der Waals surface area contributed by atoms with Gasteiger partial charge in [-0.15, -0.1) is 5.10 Å². The van der Waals surface area contributed by atoms with Crippen molar-refractivity contribution in [3.63, 3.8) is 0 Å². The fourth-order valence-corrected chi connectivity index (χ4v) is 4.27. The molecule has 8 heteroatoms. The Morgan fingerprint density at radius 3 is 2.69 bits per heavy atom. The average Bonchev–Trinajstić information content (AvgIpc) is 3.28. The van der Waals surface area contributed by atoms with Gasteiger partial charge in [-0.3, -0.25) is 9.78 Å². The molecule has 0 saturated carbocycles. The van der Waals surface area contributed by atoms with E-state index in [1.807, 2.05) is 44.4 Å². The molecular formula is C28H27FN6O. The molecule has 0 amide bonds. The van der Waals surface area contributed by atoms with Crippen LogP contribution in [0, 0.1) is 5.82 Å². The maximum atomic E-state index is 14.9.